The number of anilines is 1. The van der Waals surface area contributed by atoms with Crippen molar-refractivity contribution in [1.82, 2.24) is 14.7 Å². The Hall–Kier alpha value is -3.62. The SMILES string of the molecule is CCN1CCN(c2cccc3c2CN([C@H](CCCN(C)Cc2cccc(F)c2)c2ccc(OC)c(OC)c2)C3=O)CC1. The Morgan fingerprint density at radius 3 is 2.43 bits per heavy atom. The number of amides is 1. The first-order valence-corrected chi connectivity index (χ1v) is 15.0. The van der Waals surface area contributed by atoms with E-state index in [2.05, 4.69) is 34.7 Å². The van der Waals surface area contributed by atoms with E-state index in [-0.39, 0.29) is 17.8 Å². The van der Waals surface area contributed by atoms with Gasteiger partial charge in [0, 0.05) is 56.1 Å². The molecule has 1 amide bonds. The van der Waals surface area contributed by atoms with Crippen LogP contribution in [0.15, 0.2) is 60.7 Å². The maximum Gasteiger partial charge on any atom is 0.255 e. The predicted octanol–water partition coefficient (Wildman–Crippen LogP) is 5.59. The van der Waals surface area contributed by atoms with Crippen molar-refractivity contribution in [2.45, 2.75) is 38.9 Å². The molecule has 2 aliphatic heterocycles. The zero-order valence-electron chi connectivity index (χ0n) is 25.3. The van der Waals surface area contributed by atoms with Gasteiger partial charge < -0.3 is 29.1 Å². The second kappa shape index (κ2) is 13.6. The minimum absolute atomic E-state index is 0.0759. The van der Waals surface area contributed by atoms with E-state index in [1.807, 2.05) is 41.3 Å². The summed E-state index contributed by atoms with van der Waals surface area (Å²) in [7, 11) is 5.32. The fourth-order valence-corrected chi connectivity index (χ4v) is 6.33. The molecule has 0 aliphatic carbocycles. The van der Waals surface area contributed by atoms with E-state index in [1.165, 1.54) is 11.8 Å². The van der Waals surface area contributed by atoms with Gasteiger partial charge in [-0.3, -0.25) is 4.79 Å². The van der Waals surface area contributed by atoms with Gasteiger partial charge in [-0.15, -0.1) is 0 Å². The van der Waals surface area contributed by atoms with E-state index in [9.17, 15) is 9.18 Å². The second-order valence-electron chi connectivity index (χ2n) is 11.3. The summed E-state index contributed by atoms with van der Waals surface area (Å²) in [5, 5.41) is 0. The van der Waals surface area contributed by atoms with Crippen LogP contribution in [0.2, 0.25) is 0 Å². The van der Waals surface area contributed by atoms with E-state index in [0.717, 1.165) is 74.4 Å². The minimum Gasteiger partial charge on any atom is -0.493 e. The van der Waals surface area contributed by atoms with Crippen LogP contribution in [0.5, 0.6) is 11.5 Å². The number of nitrogens with zero attached hydrogens (tertiary/aromatic N) is 4. The van der Waals surface area contributed by atoms with Gasteiger partial charge >= 0.3 is 0 Å². The molecule has 0 aromatic heterocycles. The van der Waals surface area contributed by atoms with Gasteiger partial charge in [0.15, 0.2) is 11.5 Å². The summed E-state index contributed by atoms with van der Waals surface area (Å²) in [6.07, 6.45) is 1.66. The van der Waals surface area contributed by atoms with Gasteiger partial charge in [0.25, 0.3) is 5.91 Å². The summed E-state index contributed by atoms with van der Waals surface area (Å²) in [4.78, 5) is 23.1. The number of ether oxygens (including phenoxy) is 2. The summed E-state index contributed by atoms with van der Waals surface area (Å²) in [5.41, 5.74) is 5.09. The normalized spacial score (nSPS) is 16.2. The first-order valence-electron chi connectivity index (χ1n) is 15.0. The third-order valence-electron chi connectivity index (χ3n) is 8.66. The zero-order valence-corrected chi connectivity index (χ0v) is 25.3. The van der Waals surface area contributed by atoms with E-state index < -0.39 is 0 Å². The molecule has 5 rings (SSSR count). The molecule has 3 aromatic rings. The molecule has 224 valence electrons. The van der Waals surface area contributed by atoms with Crippen LogP contribution < -0.4 is 14.4 Å². The van der Waals surface area contributed by atoms with Gasteiger partial charge in [-0.2, -0.15) is 0 Å². The van der Waals surface area contributed by atoms with E-state index in [0.29, 0.717) is 24.6 Å². The van der Waals surface area contributed by atoms with Crippen molar-refractivity contribution < 1.29 is 18.7 Å². The smallest absolute Gasteiger partial charge is 0.255 e. The Balaban J connectivity index is 1.36. The van der Waals surface area contributed by atoms with Gasteiger partial charge in [-0.1, -0.05) is 31.2 Å². The number of rotatable bonds is 12. The largest absolute Gasteiger partial charge is 0.493 e. The van der Waals surface area contributed by atoms with Crippen molar-refractivity contribution >= 4 is 11.6 Å². The summed E-state index contributed by atoms with van der Waals surface area (Å²) < 4.78 is 24.8. The zero-order chi connectivity index (χ0) is 29.6. The Morgan fingerprint density at radius 1 is 0.952 bits per heavy atom. The Bertz CT molecular complexity index is 1370. The maximum atomic E-state index is 14.0. The topological polar surface area (TPSA) is 48.5 Å². The number of carbonyl (C=O) groups is 1. The van der Waals surface area contributed by atoms with Crippen LogP contribution in [0.1, 0.15) is 52.9 Å². The lowest BCUT2D eigenvalue weighted by Crippen LogP contribution is -2.46. The first kappa shape index (κ1) is 29.9. The molecule has 8 heteroatoms. The van der Waals surface area contributed by atoms with Crippen molar-refractivity contribution in [3.05, 3.63) is 88.7 Å². The van der Waals surface area contributed by atoms with Gasteiger partial charge in [-0.25, -0.2) is 4.39 Å². The Kier molecular flexibility index (Phi) is 9.65. The summed E-state index contributed by atoms with van der Waals surface area (Å²) in [5.74, 6) is 1.18. The van der Waals surface area contributed by atoms with Gasteiger partial charge in [0.05, 0.1) is 20.3 Å². The fraction of sp³-hybridized carbons (Fsp3) is 0.441. The monoisotopic (exact) mass is 574 g/mol. The number of hydrogen-bond acceptors (Lipinski definition) is 6. The molecular formula is C34H43FN4O3. The van der Waals surface area contributed by atoms with Crippen LogP contribution in [0.4, 0.5) is 10.1 Å². The van der Waals surface area contributed by atoms with Crippen LogP contribution in [0, 0.1) is 5.82 Å². The Labute approximate surface area is 249 Å². The highest BCUT2D eigenvalue weighted by atomic mass is 19.1. The highest BCUT2D eigenvalue weighted by molar-refractivity contribution is 6.00. The number of methoxy groups -OCH3 is 2. The standard InChI is InChI=1S/C34H43FN4O3/c1-5-37-17-19-38(20-18-37)31-12-7-11-28-29(31)24-39(34(28)40)30(26-14-15-32(41-3)33(22-26)42-4)13-8-16-36(2)23-25-9-6-10-27(35)21-25/h6-7,9-12,14-15,21-22,30H,5,8,13,16-20,23-24H2,1-4H3/t30-/m1/s1. The maximum absolute atomic E-state index is 14.0. The number of halogens is 1. The first-order chi connectivity index (χ1) is 20.4. The molecule has 1 atom stereocenters. The van der Waals surface area contributed by atoms with E-state index >= 15 is 0 Å². The molecule has 2 heterocycles. The van der Waals surface area contributed by atoms with Gasteiger partial charge in [0.2, 0.25) is 0 Å². The third-order valence-corrected chi connectivity index (χ3v) is 8.66. The summed E-state index contributed by atoms with van der Waals surface area (Å²) in [6.45, 7) is 9.35. The lowest BCUT2D eigenvalue weighted by Gasteiger charge is -2.36. The summed E-state index contributed by atoms with van der Waals surface area (Å²) in [6, 6.07) is 18.8. The molecule has 0 N–H and O–H groups in total. The van der Waals surface area contributed by atoms with Gasteiger partial charge in [-0.05, 0) is 80.5 Å². The van der Waals surface area contributed by atoms with Gasteiger partial charge in [0.1, 0.15) is 5.82 Å². The number of benzene rings is 3. The molecule has 0 radical (unpaired) electrons. The van der Waals surface area contributed by atoms with Crippen LogP contribution in [0.3, 0.4) is 0 Å². The highest BCUT2D eigenvalue weighted by Crippen LogP contribution is 2.40. The van der Waals surface area contributed by atoms with E-state index in [1.54, 1.807) is 26.4 Å². The molecule has 0 spiro atoms. The number of piperazine rings is 1. The fourth-order valence-electron chi connectivity index (χ4n) is 6.33. The molecule has 7 nitrogen and oxygen atoms in total. The Morgan fingerprint density at radius 2 is 1.71 bits per heavy atom. The number of likely N-dealkylation sites (N-methyl/N-ethyl adjacent to an activating group) is 1. The molecule has 42 heavy (non-hydrogen) atoms. The average Bonchev–Trinajstić information content (AvgIpc) is 3.35. The number of carbonyl (C=O) groups excluding carboxylic acids is 1. The van der Waals surface area contributed by atoms with Crippen molar-refractivity contribution in [1.29, 1.82) is 0 Å². The molecule has 3 aromatic carbocycles. The third kappa shape index (κ3) is 6.55. The quantitative estimate of drug-likeness (QED) is 0.281. The van der Waals surface area contributed by atoms with Crippen molar-refractivity contribution in [3.63, 3.8) is 0 Å². The molecule has 2 aliphatic rings. The van der Waals surface area contributed by atoms with Crippen LogP contribution in [-0.2, 0) is 13.1 Å². The van der Waals surface area contributed by atoms with Crippen molar-refractivity contribution in [2.75, 3.05) is 65.4 Å². The summed E-state index contributed by atoms with van der Waals surface area (Å²) >= 11 is 0. The van der Waals surface area contributed by atoms with Crippen LogP contribution >= 0.6 is 0 Å². The molecule has 1 fully saturated rings. The average molecular weight is 575 g/mol. The molecule has 0 saturated carbocycles. The highest BCUT2D eigenvalue weighted by Gasteiger charge is 2.36. The molecule has 0 bridgehead atoms. The lowest BCUT2D eigenvalue weighted by atomic mass is 9.99. The molecular weight excluding hydrogens is 531 g/mol. The van der Waals surface area contributed by atoms with Crippen molar-refractivity contribution in [3.8, 4) is 11.5 Å². The van der Waals surface area contributed by atoms with E-state index in [4.69, 9.17) is 9.47 Å². The molecule has 0 unspecified atom stereocenters. The number of fused-ring (bicyclic) bond motifs is 1. The lowest BCUT2D eigenvalue weighted by molar-refractivity contribution is 0.0686. The van der Waals surface area contributed by atoms with Crippen LogP contribution in [0.25, 0.3) is 0 Å². The van der Waals surface area contributed by atoms with Crippen molar-refractivity contribution in [2.24, 2.45) is 0 Å². The van der Waals surface area contributed by atoms with Crippen LogP contribution in [-0.4, -0.2) is 81.1 Å². The second-order valence-corrected chi connectivity index (χ2v) is 11.3. The number of hydrogen-bond donors (Lipinski definition) is 0. The predicted molar refractivity (Wildman–Crippen MR) is 165 cm³/mol. The minimum atomic E-state index is -0.215. The molecule has 1 saturated heterocycles.